The summed E-state index contributed by atoms with van der Waals surface area (Å²) in [6.07, 6.45) is 0.941. The summed E-state index contributed by atoms with van der Waals surface area (Å²) >= 11 is 1.53. The highest BCUT2D eigenvalue weighted by Crippen LogP contribution is 2.35. The van der Waals surface area contributed by atoms with Crippen LogP contribution in [0.15, 0.2) is 41.8 Å². The van der Waals surface area contributed by atoms with E-state index in [0.717, 1.165) is 17.8 Å². The minimum absolute atomic E-state index is 0.0699. The van der Waals surface area contributed by atoms with Crippen molar-refractivity contribution in [1.82, 2.24) is 4.90 Å². The lowest BCUT2D eigenvalue weighted by atomic mass is 9.78. The molecular weight excluding hydrogens is 278 g/mol. The van der Waals surface area contributed by atoms with Crippen molar-refractivity contribution >= 4 is 17.2 Å². The Morgan fingerprint density at radius 2 is 1.86 bits per heavy atom. The molecular formula is C18H21NOS. The molecule has 0 spiro atoms. The van der Waals surface area contributed by atoms with E-state index in [1.54, 1.807) is 0 Å². The van der Waals surface area contributed by atoms with Crippen molar-refractivity contribution in [2.24, 2.45) is 5.41 Å². The van der Waals surface area contributed by atoms with E-state index in [0.29, 0.717) is 0 Å². The Morgan fingerprint density at radius 3 is 2.48 bits per heavy atom. The van der Waals surface area contributed by atoms with Crippen molar-refractivity contribution in [3.8, 4) is 0 Å². The molecule has 1 aromatic heterocycles. The van der Waals surface area contributed by atoms with Gasteiger partial charge < -0.3 is 4.90 Å². The number of hydrogen-bond acceptors (Lipinski definition) is 2. The number of fused-ring (bicyclic) bond motifs is 1. The summed E-state index contributed by atoms with van der Waals surface area (Å²) < 4.78 is 0. The van der Waals surface area contributed by atoms with Gasteiger partial charge in [0.25, 0.3) is 5.91 Å². The summed E-state index contributed by atoms with van der Waals surface area (Å²) in [5.41, 5.74) is 2.73. The highest BCUT2D eigenvalue weighted by atomic mass is 32.1. The smallest absolute Gasteiger partial charge is 0.264 e. The Morgan fingerprint density at radius 1 is 1.14 bits per heavy atom. The quantitative estimate of drug-likeness (QED) is 0.766. The molecule has 0 N–H and O–H groups in total. The predicted molar refractivity (Wildman–Crippen MR) is 87.6 cm³/mol. The van der Waals surface area contributed by atoms with Crippen LogP contribution in [0.25, 0.3) is 0 Å². The van der Waals surface area contributed by atoms with Gasteiger partial charge in [0.2, 0.25) is 0 Å². The number of nitrogens with zero attached hydrogens (tertiary/aromatic N) is 1. The van der Waals surface area contributed by atoms with Crippen molar-refractivity contribution in [2.45, 2.75) is 39.8 Å². The van der Waals surface area contributed by atoms with Crippen LogP contribution in [0, 0.1) is 5.41 Å². The molecule has 2 nitrogen and oxygen atoms in total. The Labute approximate surface area is 130 Å². The molecule has 0 radical (unpaired) electrons. The van der Waals surface area contributed by atoms with Crippen LogP contribution in [0.2, 0.25) is 0 Å². The molecule has 1 unspecified atom stereocenters. The van der Waals surface area contributed by atoms with Gasteiger partial charge >= 0.3 is 0 Å². The van der Waals surface area contributed by atoms with Crippen molar-refractivity contribution in [3.05, 3.63) is 57.8 Å². The SMILES string of the molecule is CC(C)(C)C1Cc2ccccc2CN1C(=O)c1cccs1. The minimum Gasteiger partial charge on any atom is -0.330 e. The summed E-state index contributed by atoms with van der Waals surface area (Å²) in [5.74, 6) is 0.166. The largest absolute Gasteiger partial charge is 0.330 e. The van der Waals surface area contributed by atoms with Crippen molar-refractivity contribution < 1.29 is 4.79 Å². The first-order valence-electron chi connectivity index (χ1n) is 7.38. The Kier molecular flexibility index (Phi) is 3.62. The standard InChI is InChI=1S/C18H21NOS/c1-18(2,3)16-11-13-7-4-5-8-14(13)12-19(16)17(20)15-9-6-10-21-15/h4-10,16H,11-12H2,1-3H3. The molecule has 0 aliphatic carbocycles. The molecule has 0 fully saturated rings. The van der Waals surface area contributed by atoms with E-state index in [1.165, 1.54) is 22.5 Å². The van der Waals surface area contributed by atoms with Crippen LogP contribution in [-0.4, -0.2) is 16.8 Å². The van der Waals surface area contributed by atoms with Crippen LogP contribution in [0.1, 0.15) is 41.6 Å². The summed E-state index contributed by atoms with van der Waals surface area (Å²) in [5, 5.41) is 1.97. The lowest BCUT2D eigenvalue weighted by molar-refractivity contribution is 0.0459. The second-order valence-electron chi connectivity index (χ2n) is 6.77. The van der Waals surface area contributed by atoms with E-state index in [9.17, 15) is 4.79 Å². The molecule has 2 heterocycles. The van der Waals surface area contributed by atoms with E-state index >= 15 is 0 Å². The third-order valence-corrected chi connectivity index (χ3v) is 5.10. The van der Waals surface area contributed by atoms with E-state index in [1.807, 2.05) is 17.5 Å². The third-order valence-electron chi connectivity index (χ3n) is 4.24. The molecule has 1 amide bonds. The highest BCUT2D eigenvalue weighted by Gasteiger charge is 2.37. The molecule has 0 saturated carbocycles. The molecule has 2 aromatic rings. The maximum absolute atomic E-state index is 12.9. The first-order chi connectivity index (χ1) is 9.97. The zero-order valence-corrected chi connectivity index (χ0v) is 13.6. The molecule has 1 aliphatic rings. The fraction of sp³-hybridized carbons (Fsp3) is 0.389. The van der Waals surface area contributed by atoms with Gasteiger partial charge in [0, 0.05) is 12.6 Å². The summed E-state index contributed by atoms with van der Waals surface area (Å²) in [7, 11) is 0. The Balaban J connectivity index is 1.98. The van der Waals surface area contributed by atoms with Gasteiger partial charge in [-0.15, -0.1) is 11.3 Å². The third kappa shape index (κ3) is 2.75. The normalized spacial score (nSPS) is 18.4. The molecule has 3 rings (SSSR count). The number of benzene rings is 1. The lowest BCUT2D eigenvalue weighted by Crippen LogP contribution is -2.50. The second kappa shape index (κ2) is 5.30. The van der Waals surface area contributed by atoms with Crippen molar-refractivity contribution in [1.29, 1.82) is 0 Å². The first kappa shape index (κ1) is 14.3. The number of carbonyl (C=O) groups is 1. The van der Waals surface area contributed by atoms with Crippen LogP contribution < -0.4 is 0 Å². The summed E-state index contributed by atoms with van der Waals surface area (Å²) in [6.45, 7) is 7.38. The van der Waals surface area contributed by atoms with Gasteiger partial charge in [-0.2, -0.15) is 0 Å². The van der Waals surface area contributed by atoms with E-state index < -0.39 is 0 Å². The Hall–Kier alpha value is -1.61. The van der Waals surface area contributed by atoms with Gasteiger partial charge in [0.1, 0.15) is 0 Å². The average molecular weight is 299 g/mol. The van der Waals surface area contributed by atoms with Gasteiger partial charge in [0.15, 0.2) is 0 Å². The summed E-state index contributed by atoms with van der Waals surface area (Å²) in [4.78, 5) is 15.8. The fourth-order valence-electron chi connectivity index (χ4n) is 3.05. The van der Waals surface area contributed by atoms with Crippen LogP contribution >= 0.6 is 11.3 Å². The molecule has 0 bridgehead atoms. The first-order valence-corrected chi connectivity index (χ1v) is 8.26. The lowest BCUT2D eigenvalue weighted by Gasteiger charge is -2.44. The topological polar surface area (TPSA) is 20.3 Å². The average Bonchev–Trinajstić information content (AvgIpc) is 2.98. The molecule has 21 heavy (non-hydrogen) atoms. The fourth-order valence-corrected chi connectivity index (χ4v) is 3.73. The maximum atomic E-state index is 12.9. The highest BCUT2D eigenvalue weighted by molar-refractivity contribution is 7.12. The van der Waals surface area contributed by atoms with Crippen LogP contribution in [-0.2, 0) is 13.0 Å². The molecule has 1 aliphatic heterocycles. The molecule has 0 saturated heterocycles. The minimum atomic E-state index is 0.0699. The van der Waals surface area contributed by atoms with Gasteiger partial charge in [-0.1, -0.05) is 51.1 Å². The van der Waals surface area contributed by atoms with Gasteiger partial charge in [-0.25, -0.2) is 0 Å². The zero-order chi connectivity index (χ0) is 15.0. The number of carbonyl (C=O) groups excluding carboxylic acids is 1. The number of rotatable bonds is 1. The monoisotopic (exact) mass is 299 g/mol. The van der Waals surface area contributed by atoms with E-state index in [4.69, 9.17) is 0 Å². The molecule has 1 atom stereocenters. The van der Waals surface area contributed by atoms with Crippen LogP contribution in [0.3, 0.4) is 0 Å². The Bertz CT molecular complexity index is 639. The van der Waals surface area contributed by atoms with Gasteiger partial charge in [-0.05, 0) is 34.4 Å². The number of amides is 1. The molecule has 3 heteroatoms. The second-order valence-corrected chi connectivity index (χ2v) is 7.71. The van der Waals surface area contributed by atoms with Gasteiger partial charge in [-0.3, -0.25) is 4.79 Å². The van der Waals surface area contributed by atoms with Crippen molar-refractivity contribution in [2.75, 3.05) is 0 Å². The maximum Gasteiger partial charge on any atom is 0.264 e. The summed E-state index contributed by atoms with van der Waals surface area (Å²) in [6, 6.07) is 12.6. The van der Waals surface area contributed by atoms with E-state index in [2.05, 4.69) is 49.9 Å². The number of thiophene rings is 1. The predicted octanol–water partition coefficient (Wildman–Crippen LogP) is 4.36. The number of hydrogen-bond donors (Lipinski definition) is 0. The zero-order valence-electron chi connectivity index (χ0n) is 12.8. The van der Waals surface area contributed by atoms with Crippen LogP contribution in [0.5, 0.6) is 0 Å². The van der Waals surface area contributed by atoms with Crippen molar-refractivity contribution in [3.63, 3.8) is 0 Å². The molecule has 110 valence electrons. The van der Waals surface area contributed by atoms with Gasteiger partial charge in [0.05, 0.1) is 4.88 Å². The van der Waals surface area contributed by atoms with E-state index in [-0.39, 0.29) is 17.4 Å². The van der Waals surface area contributed by atoms with Crippen LogP contribution in [0.4, 0.5) is 0 Å². The molecule has 1 aromatic carbocycles.